The number of hydrogen-bond acceptors (Lipinski definition) is 3. The second kappa shape index (κ2) is 6.29. The normalized spacial score (nSPS) is 11.2. The van der Waals surface area contributed by atoms with E-state index in [1.807, 2.05) is 43.3 Å². The van der Waals surface area contributed by atoms with E-state index in [0.29, 0.717) is 0 Å². The van der Waals surface area contributed by atoms with Crippen molar-refractivity contribution in [3.63, 3.8) is 0 Å². The summed E-state index contributed by atoms with van der Waals surface area (Å²) < 4.78 is 5.86. The molecule has 19 heavy (non-hydrogen) atoms. The van der Waals surface area contributed by atoms with Crippen LogP contribution in [0.1, 0.15) is 11.3 Å². The van der Waals surface area contributed by atoms with Crippen LogP contribution in [0.5, 0.6) is 5.75 Å². The maximum atomic E-state index is 5.86. The average molecular weight is 269 g/mol. The van der Waals surface area contributed by atoms with Gasteiger partial charge in [0.05, 0.1) is 11.9 Å². The van der Waals surface area contributed by atoms with Gasteiger partial charge in [-0.15, -0.1) is 0 Å². The van der Waals surface area contributed by atoms with Crippen molar-refractivity contribution in [2.24, 2.45) is 4.99 Å². The molecule has 1 aromatic carbocycles. The van der Waals surface area contributed by atoms with Gasteiger partial charge in [-0.2, -0.15) is 0 Å². The number of rotatable bonds is 4. The van der Waals surface area contributed by atoms with Crippen LogP contribution >= 0.6 is 0 Å². The summed E-state index contributed by atoms with van der Waals surface area (Å²) in [5.74, 6) is 0.844. The Morgan fingerprint density at radius 2 is 2.05 bits per heavy atom. The lowest BCUT2D eigenvalue weighted by molar-refractivity contribution is 0.582. The molecule has 97 valence electrons. The van der Waals surface area contributed by atoms with Gasteiger partial charge in [-0.05, 0) is 49.8 Å². The van der Waals surface area contributed by atoms with Crippen molar-refractivity contribution < 1.29 is 4.43 Å². The van der Waals surface area contributed by atoms with Crippen molar-refractivity contribution in [2.75, 3.05) is 0 Å². The first-order chi connectivity index (χ1) is 9.15. The predicted molar refractivity (Wildman–Crippen MR) is 80.8 cm³/mol. The van der Waals surface area contributed by atoms with E-state index in [0.717, 1.165) is 17.1 Å². The van der Waals surface area contributed by atoms with Crippen molar-refractivity contribution >= 4 is 20.9 Å². The molecule has 0 fully saturated rings. The highest BCUT2D eigenvalue weighted by Crippen LogP contribution is 2.28. The van der Waals surface area contributed by atoms with E-state index in [-0.39, 0.29) is 0 Å². The first-order valence-electron chi connectivity index (χ1n) is 6.19. The molecule has 0 aliphatic heterocycles. The van der Waals surface area contributed by atoms with Gasteiger partial charge in [-0.1, -0.05) is 12.1 Å². The topological polar surface area (TPSA) is 34.5 Å². The standard InChI is InChI=1S/C15H17N2OSi/c1-12-7-8-15(18-19(2)3)14(10-12)17-11-13-6-4-5-9-16-13/h4-11H,1-3H3. The van der Waals surface area contributed by atoms with Crippen LogP contribution in [-0.4, -0.2) is 20.2 Å². The van der Waals surface area contributed by atoms with Gasteiger partial charge in [0.1, 0.15) is 11.4 Å². The quantitative estimate of drug-likeness (QED) is 0.625. The zero-order valence-corrected chi connectivity index (χ0v) is 12.4. The molecular weight excluding hydrogens is 252 g/mol. The molecule has 0 amide bonds. The lowest BCUT2D eigenvalue weighted by Gasteiger charge is -2.11. The predicted octanol–water partition coefficient (Wildman–Crippen LogP) is 3.77. The summed E-state index contributed by atoms with van der Waals surface area (Å²) in [7, 11) is -0.793. The minimum absolute atomic E-state index is 0.793. The lowest BCUT2D eigenvalue weighted by Crippen LogP contribution is -2.11. The van der Waals surface area contributed by atoms with Crippen LogP contribution in [0.25, 0.3) is 0 Å². The van der Waals surface area contributed by atoms with Crippen molar-refractivity contribution in [3.8, 4) is 5.75 Å². The molecule has 2 rings (SSSR count). The molecule has 1 radical (unpaired) electrons. The van der Waals surface area contributed by atoms with E-state index >= 15 is 0 Å². The van der Waals surface area contributed by atoms with E-state index in [1.165, 1.54) is 5.56 Å². The second-order valence-corrected chi connectivity index (χ2v) is 6.51. The molecule has 3 nitrogen and oxygen atoms in total. The van der Waals surface area contributed by atoms with Gasteiger partial charge < -0.3 is 4.43 Å². The SMILES string of the molecule is Cc1ccc(O[Si](C)C)c(N=Cc2ccccn2)c1. The maximum absolute atomic E-state index is 5.86. The number of aryl methyl sites for hydroxylation is 1. The molecule has 1 aromatic heterocycles. The Labute approximate surface area is 115 Å². The first-order valence-corrected chi connectivity index (χ1v) is 8.60. The number of nitrogens with zero attached hydrogens (tertiary/aromatic N) is 2. The minimum atomic E-state index is -0.793. The van der Waals surface area contributed by atoms with Crippen LogP contribution in [0.3, 0.4) is 0 Å². The van der Waals surface area contributed by atoms with Gasteiger partial charge in [0, 0.05) is 6.20 Å². The van der Waals surface area contributed by atoms with E-state index < -0.39 is 9.04 Å². The smallest absolute Gasteiger partial charge is 0.274 e. The van der Waals surface area contributed by atoms with Crippen LogP contribution in [-0.2, 0) is 0 Å². The maximum Gasteiger partial charge on any atom is 0.274 e. The molecule has 0 saturated carbocycles. The summed E-state index contributed by atoms with van der Waals surface area (Å²) in [5, 5.41) is 0. The number of aromatic nitrogens is 1. The fraction of sp³-hybridized carbons (Fsp3) is 0.200. The Morgan fingerprint density at radius 3 is 2.74 bits per heavy atom. The summed E-state index contributed by atoms with van der Waals surface area (Å²) >= 11 is 0. The fourth-order valence-electron chi connectivity index (χ4n) is 1.62. The summed E-state index contributed by atoms with van der Waals surface area (Å²) in [5.41, 5.74) is 2.87. The Morgan fingerprint density at radius 1 is 1.21 bits per heavy atom. The highest BCUT2D eigenvalue weighted by Gasteiger charge is 2.06. The van der Waals surface area contributed by atoms with Crippen LogP contribution in [0.4, 0.5) is 5.69 Å². The molecule has 0 aliphatic rings. The fourth-order valence-corrected chi connectivity index (χ4v) is 2.23. The third-order valence-corrected chi connectivity index (χ3v) is 3.08. The van der Waals surface area contributed by atoms with Crippen molar-refractivity contribution in [2.45, 2.75) is 20.0 Å². The molecule has 0 bridgehead atoms. The van der Waals surface area contributed by atoms with Gasteiger partial charge >= 0.3 is 0 Å². The van der Waals surface area contributed by atoms with Gasteiger partial charge in [0.2, 0.25) is 0 Å². The van der Waals surface area contributed by atoms with Gasteiger partial charge in [0.25, 0.3) is 9.04 Å². The number of aliphatic imine (C=N–C) groups is 1. The monoisotopic (exact) mass is 269 g/mol. The zero-order valence-electron chi connectivity index (χ0n) is 11.4. The molecule has 0 unspecified atom stereocenters. The number of hydrogen-bond donors (Lipinski definition) is 0. The first kappa shape index (κ1) is 13.5. The largest absolute Gasteiger partial charge is 0.541 e. The molecule has 4 heteroatoms. The summed E-state index contributed by atoms with van der Waals surface area (Å²) in [6, 6.07) is 11.8. The Kier molecular flexibility index (Phi) is 4.47. The van der Waals surface area contributed by atoms with E-state index in [2.05, 4.69) is 23.1 Å². The third-order valence-electron chi connectivity index (χ3n) is 2.45. The third kappa shape index (κ3) is 4.03. The Hall–Kier alpha value is -1.94. The highest BCUT2D eigenvalue weighted by molar-refractivity contribution is 6.49. The molecule has 0 spiro atoms. The number of benzene rings is 1. The molecule has 2 aromatic rings. The van der Waals surface area contributed by atoms with Gasteiger partial charge in [-0.25, -0.2) is 0 Å². The molecule has 0 N–H and O–H groups in total. The lowest BCUT2D eigenvalue weighted by atomic mass is 10.2. The molecule has 0 saturated heterocycles. The highest BCUT2D eigenvalue weighted by atomic mass is 28.3. The Bertz CT molecular complexity index is 568. The number of pyridine rings is 1. The molecular formula is C15H17N2OSi. The van der Waals surface area contributed by atoms with Crippen LogP contribution < -0.4 is 4.43 Å². The van der Waals surface area contributed by atoms with Crippen LogP contribution in [0.15, 0.2) is 47.6 Å². The second-order valence-electron chi connectivity index (χ2n) is 4.49. The van der Waals surface area contributed by atoms with E-state index in [1.54, 1.807) is 12.4 Å². The minimum Gasteiger partial charge on any atom is -0.541 e. The molecule has 1 heterocycles. The summed E-state index contributed by atoms with van der Waals surface area (Å²) in [4.78, 5) is 8.72. The molecule has 0 atom stereocenters. The van der Waals surface area contributed by atoms with E-state index in [9.17, 15) is 0 Å². The zero-order chi connectivity index (χ0) is 13.7. The molecule has 0 aliphatic carbocycles. The van der Waals surface area contributed by atoms with Gasteiger partial charge in [0.15, 0.2) is 0 Å². The van der Waals surface area contributed by atoms with Crippen molar-refractivity contribution in [1.29, 1.82) is 0 Å². The summed E-state index contributed by atoms with van der Waals surface area (Å²) in [6.07, 6.45) is 3.52. The van der Waals surface area contributed by atoms with Crippen LogP contribution in [0.2, 0.25) is 13.1 Å². The van der Waals surface area contributed by atoms with Crippen molar-refractivity contribution in [1.82, 2.24) is 4.98 Å². The van der Waals surface area contributed by atoms with Crippen LogP contribution in [0, 0.1) is 6.92 Å². The summed E-state index contributed by atoms with van der Waals surface area (Å²) in [6.45, 7) is 6.26. The van der Waals surface area contributed by atoms with E-state index in [4.69, 9.17) is 4.43 Å². The Balaban J connectivity index is 2.28. The van der Waals surface area contributed by atoms with Gasteiger partial charge in [-0.3, -0.25) is 9.98 Å². The average Bonchev–Trinajstić information content (AvgIpc) is 2.40. The van der Waals surface area contributed by atoms with Crippen molar-refractivity contribution in [3.05, 3.63) is 53.9 Å².